The average Bonchev–Trinajstić information content (AvgIpc) is 2.61. The number of nitrogens with one attached hydrogen (secondary N) is 1. The van der Waals surface area contributed by atoms with Crippen LogP contribution in [0.25, 0.3) is 0 Å². The van der Waals surface area contributed by atoms with Crippen LogP contribution >= 0.6 is 0 Å². The van der Waals surface area contributed by atoms with E-state index in [1.54, 1.807) is 9.58 Å². The van der Waals surface area contributed by atoms with E-state index >= 15 is 0 Å². The number of nitrogens with zero attached hydrogens (tertiary/aromatic N) is 3. The Morgan fingerprint density at radius 3 is 2.85 bits per heavy atom. The van der Waals surface area contributed by atoms with Gasteiger partial charge < -0.3 is 10.2 Å². The van der Waals surface area contributed by atoms with Gasteiger partial charge in [0, 0.05) is 18.8 Å². The number of aryl methyl sites for hydroxylation is 2. The minimum absolute atomic E-state index is 0.0416. The van der Waals surface area contributed by atoms with Crippen molar-refractivity contribution in [3.05, 3.63) is 17.5 Å². The summed E-state index contributed by atoms with van der Waals surface area (Å²) in [6.07, 6.45) is 1.43. The zero-order valence-corrected chi connectivity index (χ0v) is 12.3. The van der Waals surface area contributed by atoms with Crippen molar-refractivity contribution in [2.24, 2.45) is 0 Å². The molecule has 1 aliphatic rings. The number of hydrogen-bond acceptors (Lipinski definition) is 3. The molecular formula is C14H22N4O2. The number of carbonyl (C=O) groups excluding carboxylic acids is 2. The monoisotopic (exact) mass is 278 g/mol. The smallest absolute Gasteiger partial charge is 0.244 e. The van der Waals surface area contributed by atoms with Crippen molar-refractivity contribution in [1.82, 2.24) is 20.0 Å². The van der Waals surface area contributed by atoms with Crippen LogP contribution in [0.4, 0.5) is 0 Å². The lowest BCUT2D eigenvalue weighted by Crippen LogP contribution is -2.48. The summed E-state index contributed by atoms with van der Waals surface area (Å²) in [6, 6.07) is 1.58. The Bertz CT molecular complexity index is 509. The SMILES string of the molecule is CC[C@H]1C(=O)NCCCN1C(=O)Cn1nc(C)cc1C. The molecule has 0 bridgehead atoms. The lowest BCUT2D eigenvalue weighted by atomic mass is 10.1. The van der Waals surface area contributed by atoms with Gasteiger partial charge in [0.25, 0.3) is 0 Å². The molecule has 2 rings (SSSR count). The Morgan fingerprint density at radius 2 is 2.25 bits per heavy atom. The molecule has 1 aliphatic heterocycles. The second-order valence-electron chi connectivity index (χ2n) is 5.24. The van der Waals surface area contributed by atoms with E-state index in [9.17, 15) is 9.59 Å². The van der Waals surface area contributed by atoms with Crippen molar-refractivity contribution < 1.29 is 9.59 Å². The number of amides is 2. The standard InChI is InChI=1S/C14H22N4O2/c1-4-12-14(20)15-6-5-7-17(12)13(19)9-18-11(3)8-10(2)16-18/h8,12H,4-7,9H2,1-3H3,(H,15,20)/t12-/m0/s1. The summed E-state index contributed by atoms with van der Waals surface area (Å²) in [5.41, 5.74) is 1.86. The van der Waals surface area contributed by atoms with Gasteiger partial charge >= 0.3 is 0 Å². The lowest BCUT2D eigenvalue weighted by molar-refractivity contribution is -0.140. The Kier molecular flexibility index (Phi) is 4.42. The molecule has 110 valence electrons. The number of aromatic nitrogens is 2. The summed E-state index contributed by atoms with van der Waals surface area (Å²) >= 11 is 0. The highest BCUT2D eigenvalue weighted by molar-refractivity contribution is 5.87. The van der Waals surface area contributed by atoms with Gasteiger partial charge in [0.15, 0.2) is 0 Å². The molecular weight excluding hydrogens is 256 g/mol. The summed E-state index contributed by atoms with van der Waals surface area (Å²) in [5, 5.41) is 7.16. The van der Waals surface area contributed by atoms with Crippen LogP contribution in [-0.4, -0.2) is 45.6 Å². The maximum Gasteiger partial charge on any atom is 0.244 e. The van der Waals surface area contributed by atoms with Gasteiger partial charge in [0.2, 0.25) is 11.8 Å². The fraction of sp³-hybridized carbons (Fsp3) is 0.643. The molecule has 6 heteroatoms. The van der Waals surface area contributed by atoms with Gasteiger partial charge in [0.1, 0.15) is 12.6 Å². The molecule has 0 saturated carbocycles. The maximum absolute atomic E-state index is 12.5. The summed E-state index contributed by atoms with van der Waals surface area (Å²) in [6.45, 7) is 7.22. The highest BCUT2D eigenvalue weighted by atomic mass is 16.2. The summed E-state index contributed by atoms with van der Waals surface area (Å²) in [4.78, 5) is 26.1. The fourth-order valence-electron chi connectivity index (χ4n) is 2.63. The van der Waals surface area contributed by atoms with Crippen LogP contribution in [0.5, 0.6) is 0 Å². The van der Waals surface area contributed by atoms with Crippen LogP contribution in [0, 0.1) is 13.8 Å². The zero-order chi connectivity index (χ0) is 14.7. The highest BCUT2D eigenvalue weighted by Crippen LogP contribution is 2.11. The van der Waals surface area contributed by atoms with Gasteiger partial charge in [-0.2, -0.15) is 5.10 Å². The third kappa shape index (κ3) is 3.00. The molecule has 1 aromatic rings. The van der Waals surface area contributed by atoms with Gasteiger partial charge in [-0.1, -0.05) is 6.92 Å². The van der Waals surface area contributed by atoms with Gasteiger partial charge in [-0.3, -0.25) is 14.3 Å². The van der Waals surface area contributed by atoms with E-state index in [-0.39, 0.29) is 24.4 Å². The zero-order valence-electron chi connectivity index (χ0n) is 12.3. The summed E-state index contributed by atoms with van der Waals surface area (Å²) in [5.74, 6) is -0.0909. The predicted molar refractivity (Wildman–Crippen MR) is 75.1 cm³/mol. The normalized spacial score (nSPS) is 19.6. The van der Waals surface area contributed by atoms with Crippen LogP contribution in [0.2, 0.25) is 0 Å². The largest absolute Gasteiger partial charge is 0.354 e. The van der Waals surface area contributed by atoms with Crippen LogP contribution in [0.3, 0.4) is 0 Å². The van der Waals surface area contributed by atoms with E-state index in [1.807, 2.05) is 26.8 Å². The fourth-order valence-corrected chi connectivity index (χ4v) is 2.63. The number of hydrogen-bond donors (Lipinski definition) is 1. The molecule has 1 atom stereocenters. The number of carbonyl (C=O) groups is 2. The first-order chi connectivity index (χ1) is 9.52. The topological polar surface area (TPSA) is 67.2 Å². The molecule has 1 N–H and O–H groups in total. The predicted octanol–water partition coefficient (Wildman–Crippen LogP) is 0.627. The lowest BCUT2D eigenvalue weighted by Gasteiger charge is -2.27. The van der Waals surface area contributed by atoms with E-state index in [2.05, 4.69) is 10.4 Å². The van der Waals surface area contributed by atoms with Crippen molar-refractivity contribution in [3.8, 4) is 0 Å². The van der Waals surface area contributed by atoms with E-state index in [4.69, 9.17) is 0 Å². The Labute approximate surface area is 119 Å². The second-order valence-corrected chi connectivity index (χ2v) is 5.24. The minimum Gasteiger partial charge on any atom is -0.354 e. The first-order valence-corrected chi connectivity index (χ1v) is 7.11. The van der Waals surface area contributed by atoms with E-state index in [1.165, 1.54) is 0 Å². The quantitative estimate of drug-likeness (QED) is 0.881. The maximum atomic E-state index is 12.5. The van der Waals surface area contributed by atoms with Crippen LogP contribution < -0.4 is 5.32 Å². The third-order valence-corrected chi connectivity index (χ3v) is 3.65. The molecule has 2 heterocycles. The van der Waals surface area contributed by atoms with E-state index in [0.717, 1.165) is 17.8 Å². The van der Waals surface area contributed by atoms with Crippen LogP contribution in [0.15, 0.2) is 6.07 Å². The van der Waals surface area contributed by atoms with Crippen LogP contribution in [0.1, 0.15) is 31.2 Å². The molecule has 0 radical (unpaired) electrons. The van der Waals surface area contributed by atoms with Crippen molar-refractivity contribution in [2.45, 2.75) is 46.2 Å². The molecule has 1 fully saturated rings. The summed E-state index contributed by atoms with van der Waals surface area (Å²) in [7, 11) is 0. The molecule has 1 saturated heterocycles. The first-order valence-electron chi connectivity index (χ1n) is 7.11. The molecule has 0 aromatic carbocycles. The molecule has 2 amide bonds. The molecule has 20 heavy (non-hydrogen) atoms. The van der Waals surface area contributed by atoms with Gasteiger partial charge in [0.05, 0.1) is 5.69 Å². The molecule has 0 unspecified atom stereocenters. The molecule has 0 aliphatic carbocycles. The van der Waals surface area contributed by atoms with Gasteiger partial charge in [-0.05, 0) is 32.8 Å². The Morgan fingerprint density at radius 1 is 1.50 bits per heavy atom. The van der Waals surface area contributed by atoms with Crippen LogP contribution in [-0.2, 0) is 16.1 Å². The number of rotatable bonds is 3. The van der Waals surface area contributed by atoms with Crippen molar-refractivity contribution in [3.63, 3.8) is 0 Å². The molecule has 0 spiro atoms. The first kappa shape index (κ1) is 14.6. The van der Waals surface area contributed by atoms with Gasteiger partial charge in [-0.25, -0.2) is 0 Å². The molecule has 1 aromatic heterocycles. The summed E-state index contributed by atoms with van der Waals surface area (Å²) < 4.78 is 1.70. The highest BCUT2D eigenvalue weighted by Gasteiger charge is 2.30. The van der Waals surface area contributed by atoms with Crippen molar-refractivity contribution >= 4 is 11.8 Å². The van der Waals surface area contributed by atoms with Crippen molar-refractivity contribution in [2.75, 3.05) is 13.1 Å². The Balaban J connectivity index is 2.13. The van der Waals surface area contributed by atoms with Crippen molar-refractivity contribution in [1.29, 1.82) is 0 Å². The minimum atomic E-state index is -0.359. The Hall–Kier alpha value is -1.85. The average molecular weight is 278 g/mol. The van der Waals surface area contributed by atoms with Gasteiger partial charge in [-0.15, -0.1) is 0 Å². The third-order valence-electron chi connectivity index (χ3n) is 3.65. The molecule has 6 nitrogen and oxygen atoms in total. The van der Waals surface area contributed by atoms with E-state index < -0.39 is 0 Å². The second kappa shape index (κ2) is 6.07. The van der Waals surface area contributed by atoms with E-state index in [0.29, 0.717) is 19.5 Å².